The normalized spacial score (nSPS) is 16.6. The summed E-state index contributed by atoms with van der Waals surface area (Å²) >= 11 is 0. The van der Waals surface area contributed by atoms with E-state index in [2.05, 4.69) is 66.7 Å². The average molecular weight is 383 g/mol. The number of aromatic nitrogens is 2. The van der Waals surface area contributed by atoms with Crippen LogP contribution in [0.25, 0.3) is 0 Å². The second kappa shape index (κ2) is 9.01. The quantitative estimate of drug-likeness (QED) is 0.832. The second-order valence-corrected chi connectivity index (χ2v) is 8.36. The molecule has 5 nitrogen and oxygen atoms in total. The molecule has 1 atom stereocenters. The monoisotopic (exact) mass is 382 g/mol. The van der Waals surface area contributed by atoms with Crippen molar-refractivity contribution in [2.75, 3.05) is 37.6 Å². The Morgan fingerprint density at radius 1 is 1.00 bits per heavy atom. The maximum Gasteiger partial charge on any atom is 0.136 e. The lowest BCUT2D eigenvalue weighted by Gasteiger charge is -2.37. The number of aliphatic hydroxyl groups is 1. The van der Waals surface area contributed by atoms with Crippen LogP contribution in [0.15, 0.2) is 24.3 Å². The van der Waals surface area contributed by atoms with Crippen LogP contribution in [0.4, 0.5) is 5.82 Å². The SMILES string of the molecule is Cc1nc(C)c(Cc2ccccc2C)c(N2CCN(C[C@@H](O)C(C)C)CC2)n1. The van der Waals surface area contributed by atoms with Crippen molar-refractivity contribution < 1.29 is 5.11 Å². The summed E-state index contributed by atoms with van der Waals surface area (Å²) in [6, 6.07) is 8.55. The van der Waals surface area contributed by atoms with Crippen LogP contribution in [0.2, 0.25) is 0 Å². The maximum absolute atomic E-state index is 10.2. The first kappa shape index (κ1) is 20.7. The summed E-state index contributed by atoms with van der Waals surface area (Å²) < 4.78 is 0. The van der Waals surface area contributed by atoms with E-state index in [1.807, 2.05) is 6.92 Å². The van der Waals surface area contributed by atoms with Gasteiger partial charge in [-0.2, -0.15) is 0 Å². The Balaban J connectivity index is 1.78. The molecule has 0 bridgehead atoms. The minimum Gasteiger partial charge on any atom is -0.392 e. The van der Waals surface area contributed by atoms with Crippen LogP contribution in [0.3, 0.4) is 0 Å². The zero-order valence-electron chi connectivity index (χ0n) is 17.9. The predicted molar refractivity (Wildman–Crippen MR) is 115 cm³/mol. The van der Waals surface area contributed by atoms with Crippen molar-refractivity contribution in [2.45, 2.75) is 47.1 Å². The van der Waals surface area contributed by atoms with Gasteiger partial charge in [-0.05, 0) is 37.8 Å². The highest BCUT2D eigenvalue weighted by molar-refractivity contribution is 5.52. The van der Waals surface area contributed by atoms with Gasteiger partial charge < -0.3 is 10.0 Å². The zero-order valence-corrected chi connectivity index (χ0v) is 17.9. The maximum atomic E-state index is 10.2. The molecule has 0 saturated carbocycles. The third-order valence-corrected chi connectivity index (χ3v) is 5.82. The highest BCUT2D eigenvalue weighted by Gasteiger charge is 2.24. The molecule has 1 aliphatic rings. The van der Waals surface area contributed by atoms with E-state index in [-0.39, 0.29) is 6.10 Å². The first-order valence-corrected chi connectivity index (χ1v) is 10.4. The fourth-order valence-electron chi connectivity index (χ4n) is 3.80. The van der Waals surface area contributed by atoms with E-state index >= 15 is 0 Å². The molecule has 1 N–H and O–H groups in total. The molecule has 152 valence electrons. The number of anilines is 1. The first-order valence-electron chi connectivity index (χ1n) is 10.4. The minimum absolute atomic E-state index is 0.258. The van der Waals surface area contributed by atoms with Crippen molar-refractivity contribution in [3.05, 3.63) is 52.5 Å². The summed E-state index contributed by atoms with van der Waals surface area (Å²) in [7, 11) is 0. The summed E-state index contributed by atoms with van der Waals surface area (Å²) in [5.74, 6) is 2.21. The third-order valence-electron chi connectivity index (χ3n) is 5.82. The van der Waals surface area contributed by atoms with E-state index < -0.39 is 0 Å². The van der Waals surface area contributed by atoms with Crippen LogP contribution in [0.1, 0.15) is 42.1 Å². The summed E-state index contributed by atoms with van der Waals surface area (Å²) in [4.78, 5) is 14.3. The van der Waals surface area contributed by atoms with Crippen LogP contribution in [0, 0.1) is 26.7 Å². The van der Waals surface area contributed by atoms with Crippen molar-refractivity contribution >= 4 is 5.82 Å². The molecule has 1 aromatic heterocycles. The molecule has 28 heavy (non-hydrogen) atoms. The van der Waals surface area contributed by atoms with Gasteiger partial charge in [-0.3, -0.25) is 4.90 Å². The third kappa shape index (κ3) is 4.89. The smallest absolute Gasteiger partial charge is 0.136 e. The molecule has 2 heterocycles. The molecule has 1 fully saturated rings. The summed E-state index contributed by atoms with van der Waals surface area (Å²) in [6.07, 6.45) is 0.604. The van der Waals surface area contributed by atoms with Crippen LogP contribution in [-0.4, -0.2) is 58.8 Å². The molecule has 1 aromatic carbocycles. The Kier molecular flexibility index (Phi) is 6.68. The number of benzene rings is 1. The van der Waals surface area contributed by atoms with Crippen LogP contribution in [-0.2, 0) is 6.42 Å². The molecule has 1 aliphatic heterocycles. The van der Waals surface area contributed by atoms with Gasteiger partial charge in [-0.25, -0.2) is 9.97 Å². The first-order chi connectivity index (χ1) is 13.3. The van der Waals surface area contributed by atoms with Gasteiger partial charge in [0.15, 0.2) is 0 Å². The van der Waals surface area contributed by atoms with Crippen molar-refractivity contribution in [3.63, 3.8) is 0 Å². The topological polar surface area (TPSA) is 52.5 Å². The summed E-state index contributed by atoms with van der Waals surface area (Å²) in [5.41, 5.74) is 4.94. The van der Waals surface area contributed by atoms with E-state index in [9.17, 15) is 5.11 Å². The van der Waals surface area contributed by atoms with Gasteiger partial charge in [-0.15, -0.1) is 0 Å². The zero-order chi connectivity index (χ0) is 20.3. The number of aryl methyl sites for hydroxylation is 3. The number of nitrogens with zero attached hydrogens (tertiary/aromatic N) is 4. The lowest BCUT2D eigenvalue weighted by atomic mass is 9.99. The second-order valence-electron chi connectivity index (χ2n) is 8.36. The van der Waals surface area contributed by atoms with Gasteiger partial charge >= 0.3 is 0 Å². The van der Waals surface area contributed by atoms with Crippen LogP contribution >= 0.6 is 0 Å². The van der Waals surface area contributed by atoms with E-state index in [1.54, 1.807) is 0 Å². The van der Waals surface area contributed by atoms with Crippen molar-refractivity contribution in [3.8, 4) is 0 Å². The standard InChI is InChI=1S/C23H34N4O/c1-16(2)22(28)15-26-10-12-27(13-11-26)23-21(18(4)24-19(5)25-23)14-20-9-7-6-8-17(20)3/h6-9,16,22,28H,10-15H2,1-5H3/t22-/m1/s1. The van der Waals surface area contributed by atoms with E-state index in [0.29, 0.717) is 5.92 Å². The van der Waals surface area contributed by atoms with Gasteiger partial charge in [0.1, 0.15) is 11.6 Å². The number of rotatable bonds is 6. The molecule has 1 saturated heterocycles. The molecular formula is C23H34N4O. The van der Waals surface area contributed by atoms with Gasteiger partial charge in [0.25, 0.3) is 0 Å². The predicted octanol–water partition coefficient (Wildman–Crippen LogP) is 3.13. The Morgan fingerprint density at radius 2 is 1.68 bits per heavy atom. The molecule has 5 heteroatoms. The fourth-order valence-corrected chi connectivity index (χ4v) is 3.80. The molecule has 3 rings (SSSR count). The molecule has 0 unspecified atom stereocenters. The van der Waals surface area contributed by atoms with Gasteiger partial charge in [0.05, 0.1) is 6.10 Å². The average Bonchev–Trinajstić information content (AvgIpc) is 2.65. The molecule has 0 radical (unpaired) electrons. The number of aliphatic hydroxyl groups excluding tert-OH is 1. The molecule has 0 spiro atoms. The number of hydrogen-bond acceptors (Lipinski definition) is 5. The Bertz CT molecular complexity index is 797. The molecule has 0 amide bonds. The van der Waals surface area contributed by atoms with E-state index in [1.165, 1.54) is 16.7 Å². The number of piperazine rings is 1. The van der Waals surface area contributed by atoms with Gasteiger partial charge in [0.2, 0.25) is 0 Å². The number of hydrogen-bond donors (Lipinski definition) is 1. The van der Waals surface area contributed by atoms with Gasteiger partial charge in [0, 0.05) is 50.4 Å². The Hall–Kier alpha value is -1.98. The Labute approximate surface area is 169 Å². The van der Waals surface area contributed by atoms with E-state index in [0.717, 1.165) is 56.5 Å². The van der Waals surface area contributed by atoms with E-state index in [4.69, 9.17) is 4.98 Å². The largest absolute Gasteiger partial charge is 0.392 e. The van der Waals surface area contributed by atoms with Crippen LogP contribution < -0.4 is 4.90 Å². The van der Waals surface area contributed by atoms with Crippen molar-refractivity contribution in [1.82, 2.24) is 14.9 Å². The lowest BCUT2D eigenvalue weighted by molar-refractivity contribution is 0.0738. The molecule has 2 aromatic rings. The van der Waals surface area contributed by atoms with Crippen molar-refractivity contribution in [1.29, 1.82) is 0 Å². The van der Waals surface area contributed by atoms with Crippen LogP contribution in [0.5, 0.6) is 0 Å². The fraction of sp³-hybridized carbons (Fsp3) is 0.565. The summed E-state index contributed by atoms with van der Waals surface area (Å²) in [6.45, 7) is 14.9. The summed E-state index contributed by atoms with van der Waals surface area (Å²) in [5, 5.41) is 10.2. The van der Waals surface area contributed by atoms with Gasteiger partial charge in [-0.1, -0.05) is 38.1 Å². The molecular weight excluding hydrogens is 348 g/mol. The van der Waals surface area contributed by atoms with Crippen molar-refractivity contribution in [2.24, 2.45) is 5.92 Å². The highest BCUT2D eigenvalue weighted by atomic mass is 16.3. The Morgan fingerprint density at radius 3 is 2.32 bits per heavy atom. The minimum atomic E-state index is -0.258. The highest BCUT2D eigenvalue weighted by Crippen LogP contribution is 2.26. The molecule has 0 aliphatic carbocycles. The number of β-amino-alcohol motifs (C(OH)–C–C–N with tert-alkyl or cyclic N) is 1. The lowest BCUT2D eigenvalue weighted by Crippen LogP contribution is -2.49.